The highest BCUT2D eigenvalue weighted by atomic mass is 31.2. The molecule has 2 unspecified atom stereocenters. The first kappa shape index (κ1) is 58.2. The van der Waals surface area contributed by atoms with E-state index in [0.717, 1.165) is 103 Å². The smallest absolute Gasteiger partial charge is 0.306 e. The van der Waals surface area contributed by atoms with Crippen LogP contribution >= 0.6 is 7.82 Å². The Hall–Kier alpha value is -2.81. The highest BCUT2D eigenvalue weighted by Crippen LogP contribution is 2.38. The fourth-order valence-electron chi connectivity index (χ4n) is 5.95. The van der Waals surface area contributed by atoms with Crippen LogP contribution < -0.4 is 4.89 Å². The first-order valence-corrected chi connectivity index (χ1v) is 25.3. The first-order chi connectivity index (χ1) is 29.5. The molecule has 0 aromatic heterocycles. The molecule has 0 saturated heterocycles. The molecule has 0 aliphatic heterocycles. The average Bonchev–Trinajstić information content (AvgIpc) is 3.21. The van der Waals surface area contributed by atoms with Crippen molar-refractivity contribution in [3.05, 3.63) is 85.1 Å². The van der Waals surface area contributed by atoms with Gasteiger partial charge in [-0.1, -0.05) is 157 Å². The second-order valence-electron chi connectivity index (χ2n) is 16.7. The molecule has 350 valence electrons. The monoisotopic (exact) mass is 874 g/mol. The Morgan fingerprint density at radius 3 is 1.39 bits per heavy atom. The van der Waals surface area contributed by atoms with Gasteiger partial charge in [-0.05, 0) is 89.9 Å². The van der Waals surface area contributed by atoms with Crippen LogP contribution in [0, 0.1) is 0 Å². The van der Waals surface area contributed by atoms with E-state index in [-0.39, 0.29) is 26.1 Å². The second kappa shape index (κ2) is 42.5. The second-order valence-corrected chi connectivity index (χ2v) is 18.1. The van der Waals surface area contributed by atoms with Crippen LogP contribution in [0.25, 0.3) is 0 Å². The molecule has 9 nitrogen and oxygen atoms in total. The lowest BCUT2D eigenvalue weighted by Gasteiger charge is -2.28. The van der Waals surface area contributed by atoms with E-state index in [0.29, 0.717) is 23.9 Å². The molecule has 0 spiro atoms. The number of phosphoric acid groups is 1. The average molecular weight is 874 g/mol. The van der Waals surface area contributed by atoms with Crippen molar-refractivity contribution in [2.24, 2.45) is 0 Å². The van der Waals surface area contributed by atoms with E-state index < -0.39 is 32.5 Å². The van der Waals surface area contributed by atoms with E-state index >= 15 is 0 Å². The van der Waals surface area contributed by atoms with Gasteiger partial charge in [-0.2, -0.15) is 0 Å². The molecule has 0 fully saturated rings. The fraction of sp³-hybridized carbons (Fsp3) is 0.686. The Bertz CT molecular complexity index is 1310. The molecule has 10 heteroatoms. The van der Waals surface area contributed by atoms with Gasteiger partial charge in [0.25, 0.3) is 7.82 Å². The van der Waals surface area contributed by atoms with E-state index in [1.165, 1.54) is 32.1 Å². The molecule has 0 bridgehead atoms. The van der Waals surface area contributed by atoms with Gasteiger partial charge in [-0.3, -0.25) is 14.2 Å². The van der Waals surface area contributed by atoms with Gasteiger partial charge in [-0.15, -0.1) is 0 Å². The molecular weight excluding hydrogens is 786 g/mol. The van der Waals surface area contributed by atoms with E-state index in [1.54, 1.807) is 0 Å². The molecule has 0 saturated carbocycles. The van der Waals surface area contributed by atoms with Gasteiger partial charge in [0.2, 0.25) is 0 Å². The molecule has 0 rings (SSSR count). The summed E-state index contributed by atoms with van der Waals surface area (Å²) >= 11 is 0. The quantitative estimate of drug-likeness (QED) is 0.0196. The van der Waals surface area contributed by atoms with Crippen molar-refractivity contribution in [2.75, 3.05) is 47.5 Å². The van der Waals surface area contributed by atoms with Crippen LogP contribution in [0.1, 0.15) is 174 Å². The zero-order valence-corrected chi connectivity index (χ0v) is 40.2. The summed E-state index contributed by atoms with van der Waals surface area (Å²) < 4.78 is 33.9. The number of esters is 2. The number of ether oxygens (including phenoxy) is 2. The number of carbonyl (C=O) groups is 2. The third kappa shape index (κ3) is 46.5. The zero-order valence-electron chi connectivity index (χ0n) is 39.3. The predicted octanol–water partition coefficient (Wildman–Crippen LogP) is 13.3. The largest absolute Gasteiger partial charge is 0.756 e. The number of likely N-dealkylation sites (N-methyl/N-ethyl adjacent to an activating group) is 1. The summed E-state index contributed by atoms with van der Waals surface area (Å²) in [6, 6.07) is 0. The van der Waals surface area contributed by atoms with Crippen molar-refractivity contribution in [3.63, 3.8) is 0 Å². The van der Waals surface area contributed by atoms with Gasteiger partial charge in [0.1, 0.15) is 19.8 Å². The maximum Gasteiger partial charge on any atom is 0.306 e. The Morgan fingerprint density at radius 1 is 0.525 bits per heavy atom. The third-order valence-corrected chi connectivity index (χ3v) is 10.6. The van der Waals surface area contributed by atoms with Crippen LogP contribution in [0.15, 0.2) is 85.1 Å². The van der Waals surface area contributed by atoms with E-state index in [9.17, 15) is 19.0 Å². The molecule has 2 atom stereocenters. The maximum atomic E-state index is 12.7. The van der Waals surface area contributed by atoms with Gasteiger partial charge < -0.3 is 27.9 Å². The molecule has 0 radical (unpaired) electrons. The molecular formula is C51H88NO8P. The summed E-state index contributed by atoms with van der Waals surface area (Å²) in [5, 5.41) is 0. The summed E-state index contributed by atoms with van der Waals surface area (Å²) in [5.74, 6) is -0.879. The Labute approximate surface area is 373 Å². The van der Waals surface area contributed by atoms with Crippen molar-refractivity contribution in [3.8, 4) is 0 Å². The number of rotatable bonds is 42. The topological polar surface area (TPSA) is 111 Å². The summed E-state index contributed by atoms with van der Waals surface area (Å²) in [7, 11) is 1.13. The minimum atomic E-state index is -4.64. The van der Waals surface area contributed by atoms with Gasteiger partial charge in [-0.25, -0.2) is 0 Å². The van der Waals surface area contributed by atoms with E-state index in [4.69, 9.17) is 18.5 Å². The molecule has 0 aliphatic carbocycles. The van der Waals surface area contributed by atoms with Gasteiger partial charge in [0.05, 0.1) is 27.7 Å². The number of hydrogen-bond donors (Lipinski definition) is 0. The number of allylic oxidation sites excluding steroid dienone is 14. The van der Waals surface area contributed by atoms with Gasteiger partial charge in [0.15, 0.2) is 6.10 Å². The number of quaternary nitrogens is 1. The molecule has 61 heavy (non-hydrogen) atoms. The van der Waals surface area contributed by atoms with Crippen LogP contribution in [0.3, 0.4) is 0 Å². The minimum Gasteiger partial charge on any atom is -0.756 e. The van der Waals surface area contributed by atoms with Crippen molar-refractivity contribution in [1.82, 2.24) is 0 Å². The van der Waals surface area contributed by atoms with Crippen LogP contribution in [-0.2, 0) is 32.7 Å². The number of nitrogens with zero attached hydrogens (tertiary/aromatic N) is 1. The minimum absolute atomic E-state index is 0.0420. The van der Waals surface area contributed by atoms with Crippen molar-refractivity contribution in [1.29, 1.82) is 0 Å². The molecule has 0 amide bonds. The number of phosphoric ester groups is 1. The van der Waals surface area contributed by atoms with Crippen molar-refractivity contribution >= 4 is 19.8 Å². The Kier molecular flexibility index (Phi) is 40.5. The highest BCUT2D eigenvalue weighted by molar-refractivity contribution is 7.45. The van der Waals surface area contributed by atoms with E-state index in [2.05, 4.69) is 98.9 Å². The lowest BCUT2D eigenvalue weighted by atomic mass is 10.1. The standard InChI is InChI=1S/C51H88NO8P/c1-6-8-10-12-14-16-18-20-22-24-25-26-27-28-30-32-34-36-38-40-42-44-51(54)60-49(48-59-61(55,56)58-46-45-52(3,4)5)47-57-50(53)43-41-39-37-35-33-31-29-23-21-19-17-15-13-11-9-7-2/h8,10,14,16-17,19-20,22-23,25-26,28-30,49H,6-7,9,11-13,15,18,21,24,27,31-48H2,1-5H3/b10-8-,16-14-,19-17-,22-20-,26-25-,29-23-,30-28-. The van der Waals surface area contributed by atoms with Crippen molar-refractivity contribution < 1.29 is 42.1 Å². The van der Waals surface area contributed by atoms with Crippen LogP contribution in [-0.4, -0.2) is 70.0 Å². The van der Waals surface area contributed by atoms with Crippen LogP contribution in [0.4, 0.5) is 0 Å². The first-order valence-electron chi connectivity index (χ1n) is 23.8. The van der Waals surface area contributed by atoms with Crippen LogP contribution in [0.2, 0.25) is 0 Å². The number of hydrogen-bond acceptors (Lipinski definition) is 8. The number of carbonyl (C=O) groups excluding carboxylic acids is 2. The van der Waals surface area contributed by atoms with E-state index in [1.807, 2.05) is 21.1 Å². The Morgan fingerprint density at radius 2 is 0.934 bits per heavy atom. The molecule has 0 heterocycles. The summed E-state index contributed by atoms with van der Waals surface area (Å²) in [4.78, 5) is 37.6. The summed E-state index contributed by atoms with van der Waals surface area (Å²) in [5.41, 5.74) is 0. The Balaban J connectivity index is 4.40. The normalized spacial score (nSPS) is 14.3. The van der Waals surface area contributed by atoms with Gasteiger partial charge in [0, 0.05) is 12.8 Å². The summed E-state index contributed by atoms with van der Waals surface area (Å²) in [6.45, 7) is 4.04. The molecule has 0 aliphatic rings. The lowest BCUT2D eigenvalue weighted by molar-refractivity contribution is -0.870. The number of unbranched alkanes of at least 4 members (excludes halogenated alkanes) is 14. The SMILES string of the molecule is CC/C=C\C/C=C\C/C=C\C/C=C\C/C=C\CCCCCCCC(=O)OC(COC(=O)CCCCCCC/C=C\C/C=C\CCCCCC)COP(=O)([O-])OCC[N+](C)(C)C. The third-order valence-electron chi connectivity index (χ3n) is 9.65. The lowest BCUT2D eigenvalue weighted by Crippen LogP contribution is -2.37. The summed E-state index contributed by atoms with van der Waals surface area (Å²) in [6.07, 6.45) is 54.6. The maximum absolute atomic E-state index is 12.7. The van der Waals surface area contributed by atoms with Gasteiger partial charge >= 0.3 is 11.9 Å². The zero-order chi connectivity index (χ0) is 45.0. The molecule has 0 aromatic rings. The fourth-order valence-corrected chi connectivity index (χ4v) is 6.67. The molecule has 0 N–H and O–H groups in total. The predicted molar refractivity (Wildman–Crippen MR) is 254 cm³/mol. The van der Waals surface area contributed by atoms with Crippen LogP contribution in [0.5, 0.6) is 0 Å². The van der Waals surface area contributed by atoms with Crippen molar-refractivity contribution in [2.45, 2.75) is 180 Å². The highest BCUT2D eigenvalue weighted by Gasteiger charge is 2.21. The molecule has 0 aromatic carbocycles.